The summed E-state index contributed by atoms with van der Waals surface area (Å²) in [6.45, 7) is 5.90. The van der Waals surface area contributed by atoms with Crippen molar-refractivity contribution in [3.8, 4) is 0 Å². The molecular formula is C16H21N7O. The van der Waals surface area contributed by atoms with Gasteiger partial charge in [0.25, 0.3) is 0 Å². The molecule has 8 heteroatoms. The van der Waals surface area contributed by atoms with Gasteiger partial charge in [0, 0.05) is 32.0 Å². The Hall–Kier alpha value is -2.51. The lowest BCUT2D eigenvalue weighted by molar-refractivity contribution is 0.325. The lowest BCUT2D eigenvalue weighted by Gasteiger charge is -2.30. The topological polar surface area (TPSA) is 85.8 Å². The molecule has 3 aromatic rings. The predicted octanol–water partition coefficient (Wildman–Crippen LogP) is 2.25. The lowest BCUT2D eigenvalue weighted by Crippen LogP contribution is -2.34. The summed E-state index contributed by atoms with van der Waals surface area (Å²) in [6.07, 6.45) is 5.52. The van der Waals surface area contributed by atoms with Crippen LogP contribution in [0, 0.1) is 0 Å². The lowest BCUT2D eigenvalue weighted by atomic mass is 9.97. The maximum Gasteiger partial charge on any atom is 0.229 e. The van der Waals surface area contributed by atoms with E-state index >= 15 is 0 Å². The summed E-state index contributed by atoms with van der Waals surface area (Å²) < 4.78 is 7.37. The molecule has 0 bridgehead atoms. The van der Waals surface area contributed by atoms with Crippen LogP contribution in [0.1, 0.15) is 50.2 Å². The minimum absolute atomic E-state index is 0.293. The van der Waals surface area contributed by atoms with Crippen LogP contribution in [-0.2, 0) is 7.05 Å². The molecule has 1 saturated heterocycles. The molecule has 0 amide bonds. The fourth-order valence-corrected chi connectivity index (χ4v) is 3.03. The molecule has 0 atom stereocenters. The Morgan fingerprint density at radius 3 is 2.67 bits per heavy atom. The highest BCUT2D eigenvalue weighted by molar-refractivity contribution is 5.70. The molecule has 0 unspecified atom stereocenters. The van der Waals surface area contributed by atoms with E-state index in [1.165, 1.54) is 0 Å². The van der Waals surface area contributed by atoms with Crippen LogP contribution < -0.4 is 4.90 Å². The molecule has 1 aliphatic heterocycles. The van der Waals surface area contributed by atoms with E-state index < -0.39 is 0 Å². The smallest absolute Gasteiger partial charge is 0.229 e. The monoisotopic (exact) mass is 327 g/mol. The summed E-state index contributed by atoms with van der Waals surface area (Å²) in [7, 11) is 1.94. The number of aromatic nitrogens is 6. The molecule has 4 heterocycles. The summed E-state index contributed by atoms with van der Waals surface area (Å²) in [4.78, 5) is 20.1. The molecule has 4 rings (SSSR count). The van der Waals surface area contributed by atoms with E-state index in [0.29, 0.717) is 11.8 Å². The highest BCUT2D eigenvalue weighted by Gasteiger charge is 2.27. The molecule has 0 N–H and O–H groups in total. The van der Waals surface area contributed by atoms with Crippen molar-refractivity contribution in [2.45, 2.75) is 38.5 Å². The standard InChI is InChI=1S/C16H21N7O/c1-10(2)13-19-15(24-21-13)11-4-6-23(7-5-11)16-17-8-12-14(20-16)18-9-22(12)3/h8-11H,4-7H2,1-3H3. The third kappa shape index (κ3) is 2.61. The van der Waals surface area contributed by atoms with Crippen LogP contribution in [0.3, 0.4) is 0 Å². The zero-order chi connectivity index (χ0) is 16.7. The number of hydrogen-bond donors (Lipinski definition) is 0. The summed E-state index contributed by atoms with van der Waals surface area (Å²) in [5.74, 6) is 2.91. The van der Waals surface area contributed by atoms with Gasteiger partial charge in [0.05, 0.1) is 12.5 Å². The van der Waals surface area contributed by atoms with Gasteiger partial charge in [-0.15, -0.1) is 0 Å². The van der Waals surface area contributed by atoms with Gasteiger partial charge in [-0.25, -0.2) is 9.97 Å². The van der Waals surface area contributed by atoms with Gasteiger partial charge >= 0.3 is 0 Å². The molecule has 0 spiro atoms. The predicted molar refractivity (Wildman–Crippen MR) is 88.9 cm³/mol. The number of piperidine rings is 1. The quantitative estimate of drug-likeness (QED) is 0.729. The molecule has 1 fully saturated rings. The Morgan fingerprint density at radius 2 is 1.96 bits per heavy atom. The first-order valence-electron chi connectivity index (χ1n) is 8.34. The zero-order valence-electron chi connectivity index (χ0n) is 14.2. The molecule has 0 saturated carbocycles. The Labute approximate surface area is 139 Å². The number of rotatable bonds is 3. The van der Waals surface area contributed by atoms with E-state index in [9.17, 15) is 0 Å². The fourth-order valence-electron chi connectivity index (χ4n) is 3.03. The van der Waals surface area contributed by atoms with Crippen LogP contribution >= 0.6 is 0 Å². The van der Waals surface area contributed by atoms with Gasteiger partial charge in [0.2, 0.25) is 11.8 Å². The second kappa shape index (κ2) is 5.85. The van der Waals surface area contributed by atoms with Crippen molar-refractivity contribution in [2.75, 3.05) is 18.0 Å². The van der Waals surface area contributed by atoms with Gasteiger partial charge in [0.1, 0.15) is 5.52 Å². The number of aryl methyl sites for hydroxylation is 1. The van der Waals surface area contributed by atoms with E-state index in [2.05, 4.69) is 43.8 Å². The Morgan fingerprint density at radius 1 is 1.17 bits per heavy atom. The molecule has 126 valence electrons. The maximum atomic E-state index is 5.44. The average Bonchev–Trinajstić information content (AvgIpc) is 3.22. The number of fused-ring (bicyclic) bond motifs is 1. The Kier molecular flexibility index (Phi) is 3.66. The van der Waals surface area contributed by atoms with E-state index in [0.717, 1.165) is 54.8 Å². The van der Waals surface area contributed by atoms with Crippen LogP contribution in [0.25, 0.3) is 11.2 Å². The maximum absolute atomic E-state index is 5.44. The molecule has 3 aromatic heterocycles. The van der Waals surface area contributed by atoms with Crippen LogP contribution in [0.2, 0.25) is 0 Å². The van der Waals surface area contributed by atoms with E-state index in [1.807, 2.05) is 17.8 Å². The number of anilines is 1. The minimum atomic E-state index is 0.293. The second-order valence-electron chi connectivity index (χ2n) is 6.64. The molecule has 8 nitrogen and oxygen atoms in total. The van der Waals surface area contributed by atoms with Crippen molar-refractivity contribution in [3.05, 3.63) is 24.2 Å². The van der Waals surface area contributed by atoms with Gasteiger partial charge in [-0.05, 0) is 12.8 Å². The summed E-state index contributed by atoms with van der Waals surface area (Å²) in [5, 5.41) is 4.07. The first-order valence-corrected chi connectivity index (χ1v) is 8.34. The molecule has 1 aliphatic rings. The molecular weight excluding hydrogens is 306 g/mol. The Balaban J connectivity index is 1.46. The molecule has 0 aliphatic carbocycles. The number of imidazole rings is 1. The zero-order valence-corrected chi connectivity index (χ0v) is 14.2. The van der Waals surface area contributed by atoms with Crippen molar-refractivity contribution in [1.82, 2.24) is 29.7 Å². The normalized spacial score (nSPS) is 16.4. The third-order valence-electron chi connectivity index (χ3n) is 4.57. The van der Waals surface area contributed by atoms with Gasteiger partial charge < -0.3 is 14.0 Å². The van der Waals surface area contributed by atoms with Gasteiger partial charge in [0.15, 0.2) is 11.5 Å². The number of hydrogen-bond acceptors (Lipinski definition) is 7. The van der Waals surface area contributed by atoms with Crippen molar-refractivity contribution in [1.29, 1.82) is 0 Å². The summed E-state index contributed by atoms with van der Waals surface area (Å²) in [5.41, 5.74) is 1.68. The first-order chi connectivity index (χ1) is 11.6. The highest BCUT2D eigenvalue weighted by atomic mass is 16.5. The van der Waals surface area contributed by atoms with Gasteiger partial charge in [-0.1, -0.05) is 19.0 Å². The van der Waals surface area contributed by atoms with Crippen molar-refractivity contribution < 1.29 is 4.52 Å². The van der Waals surface area contributed by atoms with Gasteiger partial charge in [-0.2, -0.15) is 9.97 Å². The summed E-state index contributed by atoms with van der Waals surface area (Å²) >= 11 is 0. The van der Waals surface area contributed by atoms with Crippen LogP contribution in [-0.4, -0.2) is 42.7 Å². The minimum Gasteiger partial charge on any atom is -0.341 e. The van der Waals surface area contributed by atoms with Crippen molar-refractivity contribution in [2.24, 2.45) is 7.05 Å². The van der Waals surface area contributed by atoms with Crippen molar-refractivity contribution in [3.63, 3.8) is 0 Å². The number of nitrogens with zero attached hydrogens (tertiary/aromatic N) is 7. The van der Waals surface area contributed by atoms with E-state index in [1.54, 1.807) is 6.33 Å². The van der Waals surface area contributed by atoms with Gasteiger partial charge in [-0.3, -0.25) is 0 Å². The Bertz CT molecular complexity index is 845. The molecule has 0 aromatic carbocycles. The van der Waals surface area contributed by atoms with Crippen LogP contribution in [0.15, 0.2) is 17.0 Å². The van der Waals surface area contributed by atoms with E-state index in [4.69, 9.17) is 4.52 Å². The first kappa shape index (κ1) is 15.0. The largest absolute Gasteiger partial charge is 0.341 e. The summed E-state index contributed by atoms with van der Waals surface area (Å²) in [6, 6.07) is 0. The van der Waals surface area contributed by atoms with E-state index in [-0.39, 0.29) is 0 Å². The van der Waals surface area contributed by atoms with Crippen LogP contribution in [0.4, 0.5) is 5.95 Å². The van der Waals surface area contributed by atoms with Crippen LogP contribution in [0.5, 0.6) is 0 Å². The SMILES string of the molecule is CC(C)c1noc(C2CCN(c3ncc4c(ncn4C)n3)CC2)n1. The average molecular weight is 327 g/mol. The molecule has 24 heavy (non-hydrogen) atoms. The second-order valence-corrected chi connectivity index (χ2v) is 6.64. The highest BCUT2D eigenvalue weighted by Crippen LogP contribution is 2.29. The fraction of sp³-hybridized carbons (Fsp3) is 0.562. The third-order valence-corrected chi connectivity index (χ3v) is 4.57. The van der Waals surface area contributed by atoms with Crippen molar-refractivity contribution >= 4 is 17.1 Å². The molecule has 0 radical (unpaired) electrons.